The van der Waals surface area contributed by atoms with Gasteiger partial charge in [0.1, 0.15) is 5.56 Å². The van der Waals surface area contributed by atoms with Crippen molar-refractivity contribution in [3.8, 4) is 5.69 Å². The molecule has 1 N–H and O–H groups in total. The highest BCUT2D eigenvalue weighted by molar-refractivity contribution is 5.97. The molecule has 0 aliphatic carbocycles. The first-order chi connectivity index (χ1) is 14.5. The minimum Gasteiger partial charge on any atom is -0.452 e. The molecular weight excluding hydrogens is 378 g/mol. The molecule has 0 saturated heterocycles. The normalized spacial score (nSPS) is 10.7. The fourth-order valence-corrected chi connectivity index (χ4v) is 3.54. The Morgan fingerprint density at radius 1 is 0.967 bits per heavy atom. The smallest absolute Gasteiger partial charge is 0.342 e. The van der Waals surface area contributed by atoms with Gasteiger partial charge in [0.25, 0.3) is 5.91 Å². The highest BCUT2D eigenvalue weighted by Gasteiger charge is 2.22. The van der Waals surface area contributed by atoms with Gasteiger partial charge in [-0.3, -0.25) is 4.79 Å². The molecule has 30 heavy (non-hydrogen) atoms. The van der Waals surface area contributed by atoms with E-state index in [0.717, 1.165) is 35.3 Å². The third-order valence-electron chi connectivity index (χ3n) is 5.09. The number of nitrogens with zero attached hydrogens (tertiary/aromatic N) is 2. The lowest BCUT2D eigenvalue weighted by molar-refractivity contribution is -0.119. The lowest BCUT2D eigenvalue weighted by atomic mass is 10.0. The minimum absolute atomic E-state index is 0.352. The topological polar surface area (TPSA) is 73.2 Å². The number of hydrogen-bond donors (Lipinski definition) is 1. The van der Waals surface area contributed by atoms with E-state index in [1.165, 1.54) is 0 Å². The summed E-state index contributed by atoms with van der Waals surface area (Å²) in [6.45, 7) is 7.30. The van der Waals surface area contributed by atoms with Crippen LogP contribution in [0.25, 0.3) is 5.69 Å². The zero-order valence-corrected chi connectivity index (χ0v) is 17.9. The number of carbonyl (C=O) groups excluding carboxylic acids is 2. The van der Waals surface area contributed by atoms with Crippen molar-refractivity contribution in [2.75, 3.05) is 11.9 Å². The molecule has 0 fully saturated rings. The summed E-state index contributed by atoms with van der Waals surface area (Å²) in [5, 5.41) is 7.37. The van der Waals surface area contributed by atoms with Gasteiger partial charge in [0, 0.05) is 5.69 Å². The van der Waals surface area contributed by atoms with Crippen molar-refractivity contribution in [1.29, 1.82) is 0 Å². The number of aromatic nitrogens is 2. The molecule has 0 spiro atoms. The Bertz CT molecular complexity index is 1030. The van der Waals surface area contributed by atoms with Gasteiger partial charge in [0.2, 0.25) is 0 Å². The van der Waals surface area contributed by atoms with Gasteiger partial charge in [-0.1, -0.05) is 50.2 Å². The van der Waals surface area contributed by atoms with Crippen LogP contribution in [0.15, 0.2) is 48.5 Å². The summed E-state index contributed by atoms with van der Waals surface area (Å²) >= 11 is 0. The van der Waals surface area contributed by atoms with Crippen LogP contribution in [-0.2, 0) is 22.4 Å². The first kappa shape index (κ1) is 21.3. The summed E-state index contributed by atoms with van der Waals surface area (Å²) in [5.74, 6) is -0.911. The van der Waals surface area contributed by atoms with Gasteiger partial charge in [-0.15, -0.1) is 0 Å². The summed E-state index contributed by atoms with van der Waals surface area (Å²) in [5.41, 5.74) is 5.41. The molecule has 156 valence electrons. The van der Waals surface area contributed by atoms with Gasteiger partial charge in [0.05, 0.1) is 17.1 Å². The molecule has 1 aromatic heterocycles. The number of hydrogen-bond acceptors (Lipinski definition) is 4. The van der Waals surface area contributed by atoms with E-state index < -0.39 is 5.97 Å². The molecule has 6 heteroatoms. The van der Waals surface area contributed by atoms with Crippen LogP contribution in [-0.4, -0.2) is 28.3 Å². The average molecular weight is 405 g/mol. The summed E-state index contributed by atoms with van der Waals surface area (Å²) < 4.78 is 7.02. The quantitative estimate of drug-likeness (QED) is 0.591. The Labute approximate surface area is 176 Å². The second kappa shape index (κ2) is 9.39. The van der Waals surface area contributed by atoms with Crippen molar-refractivity contribution >= 4 is 17.6 Å². The second-order valence-corrected chi connectivity index (χ2v) is 7.08. The van der Waals surface area contributed by atoms with Crippen LogP contribution >= 0.6 is 0 Å². The van der Waals surface area contributed by atoms with Crippen molar-refractivity contribution in [2.24, 2.45) is 0 Å². The summed E-state index contributed by atoms with van der Waals surface area (Å²) in [6.07, 6.45) is 1.61. The Balaban J connectivity index is 1.71. The third-order valence-corrected chi connectivity index (χ3v) is 5.09. The highest BCUT2D eigenvalue weighted by atomic mass is 16.5. The van der Waals surface area contributed by atoms with E-state index in [2.05, 4.69) is 10.4 Å². The summed E-state index contributed by atoms with van der Waals surface area (Å²) in [4.78, 5) is 25.2. The molecule has 1 heterocycles. The molecule has 0 aliphatic rings. The van der Waals surface area contributed by atoms with Crippen LogP contribution in [0.1, 0.15) is 46.7 Å². The number of esters is 1. The lowest BCUT2D eigenvalue weighted by Gasteiger charge is -2.14. The van der Waals surface area contributed by atoms with E-state index in [4.69, 9.17) is 4.74 Å². The number of nitrogens with one attached hydrogen (secondary N) is 1. The largest absolute Gasteiger partial charge is 0.452 e. The predicted molar refractivity (Wildman–Crippen MR) is 117 cm³/mol. The van der Waals surface area contributed by atoms with E-state index in [1.54, 1.807) is 11.6 Å². The summed E-state index contributed by atoms with van der Waals surface area (Å²) in [7, 11) is 0. The molecule has 0 unspecified atom stereocenters. The number of ether oxygens (including phenoxy) is 1. The van der Waals surface area contributed by atoms with Crippen LogP contribution in [0.3, 0.4) is 0 Å². The third kappa shape index (κ3) is 4.43. The molecule has 0 aliphatic heterocycles. The van der Waals surface area contributed by atoms with E-state index in [1.807, 2.05) is 69.3 Å². The van der Waals surface area contributed by atoms with Crippen molar-refractivity contribution in [2.45, 2.75) is 40.5 Å². The van der Waals surface area contributed by atoms with Crippen LogP contribution in [0.2, 0.25) is 0 Å². The fraction of sp³-hybridized carbons (Fsp3) is 0.292. The molecule has 0 atom stereocenters. The maximum absolute atomic E-state index is 12.7. The molecule has 0 bridgehead atoms. The molecule has 0 radical (unpaired) electrons. The number of aryl methyl sites for hydroxylation is 3. The van der Waals surface area contributed by atoms with Crippen molar-refractivity contribution in [3.05, 3.63) is 76.6 Å². The van der Waals surface area contributed by atoms with Gasteiger partial charge in [-0.05, 0) is 49.9 Å². The van der Waals surface area contributed by atoms with Crippen LogP contribution < -0.4 is 5.32 Å². The first-order valence-corrected chi connectivity index (χ1v) is 10.2. The van der Waals surface area contributed by atoms with Crippen LogP contribution in [0, 0.1) is 13.8 Å². The first-order valence-electron chi connectivity index (χ1n) is 10.2. The molecule has 6 nitrogen and oxygen atoms in total. The SMILES string of the molecule is CCc1cccc(CC)c1NC(=O)COC(=O)c1c(C)nn(-c2ccccc2)c1C. The van der Waals surface area contributed by atoms with Crippen molar-refractivity contribution in [1.82, 2.24) is 9.78 Å². The van der Waals surface area contributed by atoms with Gasteiger partial charge in [-0.2, -0.15) is 5.10 Å². The molecule has 3 rings (SSSR count). The van der Waals surface area contributed by atoms with Gasteiger partial charge in [-0.25, -0.2) is 9.48 Å². The Morgan fingerprint density at radius 3 is 2.20 bits per heavy atom. The average Bonchev–Trinajstić information content (AvgIpc) is 3.06. The van der Waals surface area contributed by atoms with E-state index in [9.17, 15) is 9.59 Å². The lowest BCUT2D eigenvalue weighted by Crippen LogP contribution is -2.22. The number of carbonyl (C=O) groups is 2. The van der Waals surface area contributed by atoms with Crippen molar-refractivity contribution < 1.29 is 14.3 Å². The molecule has 3 aromatic rings. The number of amides is 1. The number of anilines is 1. The Hall–Kier alpha value is -3.41. The second-order valence-electron chi connectivity index (χ2n) is 7.08. The molecule has 0 saturated carbocycles. The fourth-order valence-electron chi connectivity index (χ4n) is 3.54. The maximum atomic E-state index is 12.7. The number of rotatable bonds is 7. The van der Waals surface area contributed by atoms with Crippen molar-refractivity contribution in [3.63, 3.8) is 0 Å². The van der Waals surface area contributed by atoms with Gasteiger partial charge in [0.15, 0.2) is 6.61 Å². The number of benzene rings is 2. The van der Waals surface area contributed by atoms with E-state index in [-0.39, 0.29) is 12.5 Å². The van der Waals surface area contributed by atoms with Crippen LogP contribution in [0.5, 0.6) is 0 Å². The molecule has 1 amide bonds. The Kier molecular flexibility index (Phi) is 6.67. The highest BCUT2D eigenvalue weighted by Crippen LogP contribution is 2.23. The predicted octanol–water partition coefficient (Wildman–Crippen LogP) is 4.41. The van der Waals surface area contributed by atoms with Gasteiger partial charge < -0.3 is 10.1 Å². The molecular formula is C24H27N3O3. The Morgan fingerprint density at radius 2 is 1.60 bits per heavy atom. The summed E-state index contributed by atoms with van der Waals surface area (Å²) in [6, 6.07) is 15.5. The van der Waals surface area contributed by atoms with E-state index in [0.29, 0.717) is 17.0 Å². The maximum Gasteiger partial charge on any atom is 0.342 e. The standard InChI is InChI=1S/C24H27N3O3/c1-5-18-11-10-12-19(6-2)23(18)25-21(28)15-30-24(29)22-16(3)26-27(17(22)4)20-13-8-7-9-14-20/h7-14H,5-6,15H2,1-4H3,(H,25,28). The zero-order valence-electron chi connectivity index (χ0n) is 17.9. The molecule has 2 aromatic carbocycles. The van der Waals surface area contributed by atoms with Crippen LogP contribution in [0.4, 0.5) is 5.69 Å². The number of para-hydroxylation sites is 2. The monoisotopic (exact) mass is 405 g/mol. The minimum atomic E-state index is -0.554. The zero-order chi connectivity index (χ0) is 21.7. The van der Waals surface area contributed by atoms with Gasteiger partial charge >= 0.3 is 5.97 Å². The van der Waals surface area contributed by atoms with E-state index >= 15 is 0 Å².